The van der Waals surface area contributed by atoms with Crippen molar-refractivity contribution >= 4 is 78.5 Å². The van der Waals surface area contributed by atoms with E-state index in [-0.39, 0.29) is 35.7 Å². The lowest BCUT2D eigenvalue weighted by molar-refractivity contribution is 0.114. The standard InChI is InChI=1S/2C18H25Cl2N3O4S/c2*1-12(24)14-10-22(11-15(14)13-3-4-16(19)17(20)9-13)18(25)21-5-7-23(8-6-21)28(2,26)27/h2*3-4,9,12,14-15,24H,5-8,10-11H2,1-2H3/t12-,14+,15+;12-,14-,15-/m10/s1. The van der Waals surface area contributed by atoms with E-state index in [1.165, 1.54) is 21.1 Å². The molecule has 0 bridgehead atoms. The van der Waals surface area contributed by atoms with Crippen LogP contribution in [0.3, 0.4) is 0 Å². The number of benzene rings is 2. The lowest BCUT2D eigenvalue weighted by Gasteiger charge is -2.35. The van der Waals surface area contributed by atoms with Crippen molar-refractivity contribution in [1.82, 2.24) is 28.2 Å². The first-order valence-electron chi connectivity index (χ1n) is 18.4. The minimum atomic E-state index is -3.24. The molecule has 6 atom stereocenters. The molecule has 4 fully saturated rings. The lowest BCUT2D eigenvalue weighted by Crippen LogP contribution is -2.53. The number of aliphatic hydroxyl groups is 2. The molecule has 312 valence electrons. The van der Waals surface area contributed by atoms with Crippen LogP contribution in [0.15, 0.2) is 36.4 Å². The second kappa shape index (κ2) is 18.4. The van der Waals surface area contributed by atoms with Crippen LogP contribution in [0.4, 0.5) is 9.59 Å². The smallest absolute Gasteiger partial charge is 0.320 e. The van der Waals surface area contributed by atoms with Crippen LogP contribution in [-0.2, 0) is 20.0 Å². The van der Waals surface area contributed by atoms with Gasteiger partial charge in [-0.05, 0) is 49.2 Å². The van der Waals surface area contributed by atoms with Crippen molar-refractivity contribution in [2.24, 2.45) is 11.8 Å². The van der Waals surface area contributed by atoms with Gasteiger partial charge in [0, 0.05) is 102 Å². The number of hydrogen-bond acceptors (Lipinski definition) is 8. The summed E-state index contributed by atoms with van der Waals surface area (Å²) < 4.78 is 49.4. The van der Waals surface area contributed by atoms with Crippen LogP contribution >= 0.6 is 46.4 Å². The zero-order valence-electron chi connectivity index (χ0n) is 31.8. The molecule has 0 unspecified atom stereocenters. The normalized spacial score (nSPS) is 25.2. The number of aliphatic hydroxyl groups excluding tert-OH is 2. The van der Waals surface area contributed by atoms with Gasteiger partial charge >= 0.3 is 12.1 Å². The Kier molecular flexibility index (Phi) is 14.8. The van der Waals surface area contributed by atoms with Gasteiger partial charge in [0.1, 0.15) is 0 Å². The highest BCUT2D eigenvalue weighted by Gasteiger charge is 2.42. The van der Waals surface area contributed by atoms with Gasteiger partial charge in [-0.25, -0.2) is 26.4 Å². The van der Waals surface area contributed by atoms with Crippen LogP contribution in [0, 0.1) is 11.8 Å². The molecule has 0 aliphatic carbocycles. The van der Waals surface area contributed by atoms with E-state index in [1.54, 1.807) is 57.7 Å². The van der Waals surface area contributed by atoms with E-state index in [1.807, 2.05) is 12.1 Å². The number of likely N-dealkylation sites (tertiary alicyclic amines) is 2. The van der Waals surface area contributed by atoms with E-state index in [9.17, 15) is 36.6 Å². The van der Waals surface area contributed by atoms with Gasteiger partial charge in [0.05, 0.1) is 44.8 Å². The van der Waals surface area contributed by atoms with Gasteiger partial charge in [0.2, 0.25) is 20.0 Å². The second-order valence-electron chi connectivity index (χ2n) is 15.0. The number of halogens is 4. The Hall–Kier alpha value is -2.12. The third kappa shape index (κ3) is 10.7. The molecule has 14 nitrogen and oxygen atoms in total. The Labute approximate surface area is 349 Å². The molecule has 4 aliphatic rings. The molecule has 0 radical (unpaired) electrons. The van der Waals surface area contributed by atoms with E-state index in [0.29, 0.717) is 98.6 Å². The maximum Gasteiger partial charge on any atom is 0.320 e. The van der Waals surface area contributed by atoms with Gasteiger partial charge in [0.15, 0.2) is 0 Å². The Morgan fingerprint density at radius 1 is 0.554 bits per heavy atom. The van der Waals surface area contributed by atoms with Crippen LogP contribution in [0.2, 0.25) is 20.1 Å². The van der Waals surface area contributed by atoms with Crippen LogP contribution in [0.1, 0.15) is 36.8 Å². The number of piperazine rings is 2. The van der Waals surface area contributed by atoms with Gasteiger partial charge in [-0.2, -0.15) is 8.61 Å². The SMILES string of the molecule is C[C@@H](O)[C@@H]1CN(C(=O)N2CCN(S(C)(=O)=O)CC2)C[C@H]1c1ccc(Cl)c(Cl)c1.C[C@H](O)[C@@H]1CN(C(=O)N2CCN(S(C)(=O)=O)CC2)C[C@H]1c1ccc(Cl)c(Cl)c1. The Bertz CT molecular complexity index is 1820. The molecular weight excluding hydrogens is 850 g/mol. The van der Waals surface area contributed by atoms with Crippen molar-refractivity contribution in [2.75, 3.05) is 91.0 Å². The summed E-state index contributed by atoms with van der Waals surface area (Å²) in [6.07, 6.45) is 1.19. The fourth-order valence-corrected chi connectivity index (χ4v) is 10.2. The molecule has 2 N–H and O–H groups in total. The molecule has 4 heterocycles. The summed E-state index contributed by atoms with van der Waals surface area (Å²) in [4.78, 5) is 32.8. The van der Waals surface area contributed by atoms with E-state index in [0.717, 1.165) is 11.1 Å². The number of urea groups is 2. The minimum Gasteiger partial charge on any atom is -0.393 e. The lowest BCUT2D eigenvalue weighted by atomic mass is 9.86. The average molecular weight is 901 g/mol. The first-order valence-corrected chi connectivity index (χ1v) is 23.6. The first-order chi connectivity index (χ1) is 26.1. The topological polar surface area (TPSA) is 162 Å². The fraction of sp³-hybridized carbons (Fsp3) is 0.611. The summed E-state index contributed by atoms with van der Waals surface area (Å²) in [7, 11) is -6.48. The Balaban J connectivity index is 0.000000214. The fourth-order valence-electron chi connectivity index (χ4n) is 7.96. The number of nitrogens with zero attached hydrogens (tertiary/aromatic N) is 6. The maximum absolute atomic E-state index is 13.0. The van der Waals surface area contributed by atoms with Gasteiger partial charge in [-0.1, -0.05) is 58.5 Å². The molecule has 2 aromatic carbocycles. The van der Waals surface area contributed by atoms with Crippen LogP contribution in [-0.4, -0.2) is 171 Å². The predicted molar refractivity (Wildman–Crippen MR) is 219 cm³/mol. The summed E-state index contributed by atoms with van der Waals surface area (Å²) in [6, 6.07) is 10.6. The summed E-state index contributed by atoms with van der Waals surface area (Å²) in [5, 5.41) is 22.3. The number of carbonyl (C=O) groups excluding carboxylic acids is 2. The molecule has 2 aromatic rings. The van der Waals surface area contributed by atoms with E-state index >= 15 is 0 Å². The predicted octanol–water partition coefficient (Wildman–Crippen LogP) is 4.17. The number of hydrogen-bond donors (Lipinski definition) is 2. The highest BCUT2D eigenvalue weighted by atomic mass is 35.5. The van der Waals surface area contributed by atoms with Crippen molar-refractivity contribution in [3.05, 3.63) is 67.6 Å². The molecular formula is C36H50Cl4N6O8S2. The quantitative estimate of drug-likeness (QED) is 0.437. The van der Waals surface area contributed by atoms with E-state index < -0.39 is 32.3 Å². The zero-order chi connectivity index (χ0) is 41.3. The summed E-state index contributed by atoms with van der Waals surface area (Å²) >= 11 is 24.3. The van der Waals surface area contributed by atoms with Crippen molar-refractivity contribution < 1.29 is 36.6 Å². The Morgan fingerprint density at radius 2 is 0.875 bits per heavy atom. The van der Waals surface area contributed by atoms with Gasteiger partial charge in [-0.15, -0.1) is 0 Å². The molecule has 20 heteroatoms. The molecule has 4 saturated heterocycles. The highest BCUT2D eigenvalue weighted by molar-refractivity contribution is 7.88. The third-order valence-electron chi connectivity index (χ3n) is 11.2. The second-order valence-corrected chi connectivity index (χ2v) is 20.6. The molecule has 0 aromatic heterocycles. The Morgan fingerprint density at radius 3 is 1.14 bits per heavy atom. The molecule has 6 rings (SSSR count). The minimum absolute atomic E-state index is 0.0453. The van der Waals surface area contributed by atoms with Crippen LogP contribution in [0.25, 0.3) is 0 Å². The molecule has 4 amide bonds. The first kappa shape index (κ1) is 45.0. The van der Waals surface area contributed by atoms with E-state index in [2.05, 4.69) is 0 Å². The molecule has 0 spiro atoms. The zero-order valence-corrected chi connectivity index (χ0v) is 36.4. The van der Waals surface area contributed by atoms with Crippen molar-refractivity contribution in [1.29, 1.82) is 0 Å². The number of amides is 4. The highest BCUT2D eigenvalue weighted by Crippen LogP contribution is 2.39. The summed E-state index contributed by atoms with van der Waals surface area (Å²) in [5.41, 5.74) is 1.88. The van der Waals surface area contributed by atoms with Gasteiger partial charge in [-0.3, -0.25) is 0 Å². The van der Waals surface area contributed by atoms with E-state index in [4.69, 9.17) is 46.4 Å². The van der Waals surface area contributed by atoms with Crippen molar-refractivity contribution in [2.45, 2.75) is 37.9 Å². The number of rotatable bonds is 6. The number of sulfonamides is 2. The van der Waals surface area contributed by atoms with Crippen molar-refractivity contribution in [3.63, 3.8) is 0 Å². The third-order valence-corrected chi connectivity index (χ3v) is 15.3. The largest absolute Gasteiger partial charge is 0.393 e. The van der Waals surface area contributed by atoms with Gasteiger partial charge in [0.25, 0.3) is 0 Å². The summed E-state index contributed by atoms with van der Waals surface area (Å²) in [6.45, 7) is 7.92. The maximum atomic E-state index is 13.0. The summed E-state index contributed by atoms with van der Waals surface area (Å²) in [5.74, 6) is -0.316. The number of carbonyl (C=O) groups is 2. The molecule has 0 saturated carbocycles. The van der Waals surface area contributed by atoms with Crippen LogP contribution < -0.4 is 0 Å². The molecule has 4 aliphatic heterocycles. The van der Waals surface area contributed by atoms with Crippen molar-refractivity contribution in [3.8, 4) is 0 Å². The average Bonchev–Trinajstić information content (AvgIpc) is 3.80. The van der Waals surface area contributed by atoms with Crippen LogP contribution in [0.5, 0.6) is 0 Å². The molecule has 56 heavy (non-hydrogen) atoms. The van der Waals surface area contributed by atoms with Gasteiger partial charge < -0.3 is 29.8 Å². The monoisotopic (exact) mass is 898 g/mol.